The van der Waals surface area contributed by atoms with Crippen LogP contribution in [0.1, 0.15) is 32.6 Å². The van der Waals surface area contributed by atoms with Crippen LogP contribution in [0.15, 0.2) is 9.66 Å². The molecule has 0 aliphatic heterocycles. The standard InChI is InChI=1S/C13H12F13I/c1-2-3-4-5-7(27)6-8(14,15)9(16,17)10(18,19)11(20,21)12(22,23)13(24,25)26/h6H,2-5H2,1H3. The number of alkyl halides is 13. The summed E-state index contributed by atoms with van der Waals surface area (Å²) in [7, 11) is 0. The van der Waals surface area contributed by atoms with Gasteiger partial charge in [-0.25, -0.2) is 0 Å². The van der Waals surface area contributed by atoms with Gasteiger partial charge in [0.25, 0.3) is 0 Å². The maximum Gasteiger partial charge on any atom is 0.460 e. The molecular formula is C13H12F13I. The Hall–Kier alpha value is -0.440. The summed E-state index contributed by atoms with van der Waals surface area (Å²) >= 11 is 1.01. The summed E-state index contributed by atoms with van der Waals surface area (Å²) in [4.78, 5) is 0. The molecule has 0 aromatic carbocycles. The number of allylic oxidation sites excluding steroid dienone is 2. The van der Waals surface area contributed by atoms with Gasteiger partial charge in [-0.2, -0.15) is 57.1 Å². The molecule has 0 aliphatic rings. The lowest BCUT2D eigenvalue weighted by atomic mass is 9.93. The maximum absolute atomic E-state index is 13.5. The minimum atomic E-state index is -7.85. The molecule has 162 valence electrons. The van der Waals surface area contributed by atoms with Crippen molar-refractivity contribution in [2.24, 2.45) is 0 Å². The van der Waals surface area contributed by atoms with Crippen molar-refractivity contribution in [2.75, 3.05) is 0 Å². The zero-order chi connectivity index (χ0) is 22.1. The van der Waals surface area contributed by atoms with Crippen molar-refractivity contribution < 1.29 is 57.1 Å². The van der Waals surface area contributed by atoms with Crippen LogP contribution in [0.4, 0.5) is 57.1 Å². The highest BCUT2D eigenvalue weighted by atomic mass is 127. The summed E-state index contributed by atoms with van der Waals surface area (Å²) in [5, 5.41) is 0. The third kappa shape index (κ3) is 4.77. The maximum atomic E-state index is 13.5. The van der Waals surface area contributed by atoms with Crippen molar-refractivity contribution >= 4 is 22.6 Å². The highest BCUT2D eigenvalue weighted by Crippen LogP contribution is 2.60. The fourth-order valence-corrected chi connectivity index (χ4v) is 2.46. The van der Waals surface area contributed by atoms with Crippen molar-refractivity contribution in [3.05, 3.63) is 9.66 Å². The van der Waals surface area contributed by atoms with E-state index in [0.29, 0.717) is 12.8 Å². The molecule has 0 amide bonds. The van der Waals surface area contributed by atoms with Crippen molar-refractivity contribution in [2.45, 2.75) is 68.4 Å². The van der Waals surface area contributed by atoms with Crippen LogP contribution in [0.2, 0.25) is 0 Å². The Morgan fingerprint density at radius 1 is 0.667 bits per heavy atom. The van der Waals surface area contributed by atoms with E-state index in [-0.39, 0.29) is 12.8 Å². The molecule has 0 spiro atoms. The highest BCUT2D eigenvalue weighted by Gasteiger charge is 2.90. The first kappa shape index (κ1) is 26.6. The van der Waals surface area contributed by atoms with Gasteiger partial charge in [0, 0.05) is 6.08 Å². The number of hydrogen-bond acceptors (Lipinski definition) is 0. The first-order valence-electron chi connectivity index (χ1n) is 7.03. The molecule has 27 heavy (non-hydrogen) atoms. The van der Waals surface area contributed by atoms with Gasteiger partial charge < -0.3 is 0 Å². The van der Waals surface area contributed by atoms with Gasteiger partial charge in [0.15, 0.2) is 0 Å². The SMILES string of the molecule is CCCCCC(I)=CC(F)(F)C(F)(F)C(F)(F)C(F)(F)C(F)(F)C(F)(F)F. The minimum absolute atomic E-state index is 0.131. The summed E-state index contributed by atoms with van der Waals surface area (Å²) in [6, 6.07) is 0. The van der Waals surface area contributed by atoms with Crippen molar-refractivity contribution in [1.82, 2.24) is 0 Å². The molecule has 0 N–H and O–H groups in total. The van der Waals surface area contributed by atoms with Crippen LogP contribution in [0, 0.1) is 0 Å². The van der Waals surface area contributed by atoms with Crippen LogP contribution in [0.3, 0.4) is 0 Å². The highest BCUT2D eigenvalue weighted by molar-refractivity contribution is 14.1. The number of hydrogen-bond donors (Lipinski definition) is 0. The largest absolute Gasteiger partial charge is 0.460 e. The molecule has 0 saturated carbocycles. The summed E-state index contributed by atoms with van der Waals surface area (Å²) < 4.78 is 167. The smallest absolute Gasteiger partial charge is 0.195 e. The summed E-state index contributed by atoms with van der Waals surface area (Å²) in [5.41, 5.74) is 0. The normalized spacial score (nSPS) is 16.0. The molecular weight excluding hydrogens is 530 g/mol. The molecule has 0 radical (unpaired) electrons. The Morgan fingerprint density at radius 3 is 1.44 bits per heavy atom. The van der Waals surface area contributed by atoms with E-state index in [1.807, 2.05) is 0 Å². The average Bonchev–Trinajstić information content (AvgIpc) is 2.44. The Kier molecular flexibility index (Phi) is 7.99. The van der Waals surface area contributed by atoms with Crippen LogP contribution in [0.25, 0.3) is 0 Å². The molecule has 0 heterocycles. The number of rotatable bonds is 9. The lowest BCUT2D eigenvalue weighted by Crippen LogP contribution is -2.69. The van der Waals surface area contributed by atoms with E-state index in [0.717, 1.165) is 22.6 Å². The zero-order valence-electron chi connectivity index (χ0n) is 13.2. The van der Waals surface area contributed by atoms with Crippen LogP contribution >= 0.6 is 22.6 Å². The zero-order valence-corrected chi connectivity index (χ0v) is 15.4. The monoisotopic (exact) mass is 542 g/mol. The van der Waals surface area contributed by atoms with E-state index >= 15 is 0 Å². The lowest BCUT2D eigenvalue weighted by Gasteiger charge is -2.39. The molecule has 0 nitrogen and oxygen atoms in total. The molecule has 0 fully saturated rings. The van der Waals surface area contributed by atoms with Gasteiger partial charge >= 0.3 is 35.8 Å². The molecule has 0 rings (SSSR count). The molecule has 0 atom stereocenters. The van der Waals surface area contributed by atoms with E-state index < -0.39 is 45.4 Å². The fraction of sp³-hybridized carbons (Fsp3) is 0.846. The average molecular weight is 542 g/mol. The molecule has 0 saturated heterocycles. The van der Waals surface area contributed by atoms with E-state index in [1.165, 1.54) is 0 Å². The van der Waals surface area contributed by atoms with Crippen LogP contribution in [-0.4, -0.2) is 35.8 Å². The molecule has 0 aromatic rings. The van der Waals surface area contributed by atoms with Crippen molar-refractivity contribution in [3.63, 3.8) is 0 Å². The van der Waals surface area contributed by atoms with E-state index in [1.54, 1.807) is 6.92 Å². The Morgan fingerprint density at radius 2 is 1.07 bits per heavy atom. The Balaban J connectivity index is 6.05. The molecule has 0 bridgehead atoms. The fourth-order valence-electron chi connectivity index (χ4n) is 1.69. The quantitative estimate of drug-likeness (QED) is 0.160. The van der Waals surface area contributed by atoms with Gasteiger partial charge in [-0.3, -0.25) is 0 Å². The summed E-state index contributed by atoms with van der Waals surface area (Å²) in [6.45, 7) is 1.67. The first-order valence-corrected chi connectivity index (χ1v) is 8.11. The molecule has 0 aliphatic carbocycles. The Bertz CT molecular complexity index is 533. The van der Waals surface area contributed by atoms with E-state index in [2.05, 4.69) is 0 Å². The predicted molar refractivity (Wildman–Crippen MR) is 77.0 cm³/mol. The topological polar surface area (TPSA) is 0 Å². The van der Waals surface area contributed by atoms with E-state index in [9.17, 15) is 57.1 Å². The van der Waals surface area contributed by atoms with Gasteiger partial charge in [0.1, 0.15) is 0 Å². The van der Waals surface area contributed by atoms with Gasteiger partial charge in [-0.15, -0.1) is 0 Å². The predicted octanol–water partition coefficient (Wildman–Crippen LogP) is 7.62. The second kappa shape index (κ2) is 8.13. The third-order valence-electron chi connectivity index (χ3n) is 3.31. The van der Waals surface area contributed by atoms with Crippen LogP contribution in [0.5, 0.6) is 0 Å². The van der Waals surface area contributed by atoms with Crippen LogP contribution in [-0.2, 0) is 0 Å². The van der Waals surface area contributed by atoms with Crippen LogP contribution < -0.4 is 0 Å². The van der Waals surface area contributed by atoms with Gasteiger partial charge in [-0.1, -0.05) is 19.8 Å². The molecule has 14 heteroatoms. The third-order valence-corrected chi connectivity index (χ3v) is 4.17. The molecule has 0 unspecified atom stereocenters. The summed E-state index contributed by atoms with van der Waals surface area (Å²) in [6.07, 6.45) is -7.50. The second-order valence-corrected chi connectivity index (χ2v) is 6.85. The number of unbranched alkanes of at least 4 members (excludes halogenated alkanes) is 2. The van der Waals surface area contributed by atoms with E-state index in [4.69, 9.17) is 0 Å². The Labute approximate surface area is 158 Å². The second-order valence-electron chi connectivity index (χ2n) is 5.47. The van der Waals surface area contributed by atoms with Gasteiger partial charge in [-0.05, 0) is 39.0 Å². The minimum Gasteiger partial charge on any atom is -0.195 e. The lowest BCUT2D eigenvalue weighted by molar-refractivity contribution is -0.436. The van der Waals surface area contributed by atoms with Gasteiger partial charge in [0.2, 0.25) is 0 Å². The van der Waals surface area contributed by atoms with Crippen molar-refractivity contribution in [1.29, 1.82) is 0 Å². The molecule has 0 aromatic heterocycles. The van der Waals surface area contributed by atoms with Gasteiger partial charge in [0.05, 0.1) is 0 Å². The first-order chi connectivity index (χ1) is 11.7. The van der Waals surface area contributed by atoms with Crippen molar-refractivity contribution in [3.8, 4) is 0 Å². The number of halogens is 14. The summed E-state index contributed by atoms with van der Waals surface area (Å²) in [5.74, 6) is -36.7.